The van der Waals surface area contributed by atoms with Crippen molar-refractivity contribution in [2.24, 2.45) is 0 Å². The molecule has 0 aliphatic carbocycles. The van der Waals surface area contributed by atoms with Crippen LogP contribution >= 0.6 is 0 Å². The van der Waals surface area contributed by atoms with E-state index in [0.717, 1.165) is 41.4 Å². The zero-order chi connectivity index (χ0) is 13.5. The fourth-order valence-corrected chi connectivity index (χ4v) is 3.04. The number of fused-ring (bicyclic) bond motifs is 2. The third-order valence-corrected chi connectivity index (χ3v) is 4.27. The maximum atomic E-state index is 5.62. The molecule has 0 unspecified atom stereocenters. The lowest BCUT2D eigenvalue weighted by Crippen LogP contribution is -2.29. The van der Waals surface area contributed by atoms with E-state index >= 15 is 0 Å². The summed E-state index contributed by atoms with van der Waals surface area (Å²) >= 11 is 0. The fourth-order valence-electron chi connectivity index (χ4n) is 3.04. The van der Waals surface area contributed by atoms with Crippen molar-refractivity contribution in [3.05, 3.63) is 18.0 Å². The van der Waals surface area contributed by atoms with Gasteiger partial charge in [0.05, 0.1) is 11.0 Å². The van der Waals surface area contributed by atoms with Crippen molar-refractivity contribution in [1.29, 1.82) is 0 Å². The number of benzene rings is 1. The van der Waals surface area contributed by atoms with E-state index in [1.807, 2.05) is 12.1 Å². The zero-order valence-corrected chi connectivity index (χ0v) is 11.7. The molecule has 1 aromatic carbocycles. The molecule has 106 valence electrons. The normalized spacial score (nSPS) is 20.4. The molecular weight excluding hydrogens is 254 g/mol. The largest absolute Gasteiger partial charge is 0.486 e. The number of nitrogens with zero attached hydrogens (tertiary/aromatic N) is 2. The molecule has 5 heteroatoms. The van der Waals surface area contributed by atoms with Gasteiger partial charge < -0.3 is 19.4 Å². The highest BCUT2D eigenvalue weighted by molar-refractivity contribution is 5.80. The lowest BCUT2D eigenvalue weighted by molar-refractivity contribution is 0.172. The molecule has 0 saturated carbocycles. The standard InChI is InChI=1S/C15H19N3O2/c1-18-4-2-10(3-5-18)15-16-11-8-13-14(9-12(11)17-15)20-7-6-19-13/h8-10H,2-7H2,1H3,(H,16,17). The summed E-state index contributed by atoms with van der Waals surface area (Å²) in [5.74, 6) is 3.28. The van der Waals surface area contributed by atoms with Crippen LogP contribution in [-0.2, 0) is 0 Å². The first-order valence-electron chi connectivity index (χ1n) is 7.27. The Kier molecular flexibility index (Phi) is 2.80. The van der Waals surface area contributed by atoms with Crippen LogP contribution < -0.4 is 9.47 Å². The molecule has 2 aliphatic rings. The second-order valence-corrected chi connectivity index (χ2v) is 5.71. The van der Waals surface area contributed by atoms with Gasteiger partial charge in [-0.1, -0.05) is 0 Å². The quantitative estimate of drug-likeness (QED) is 0.865. The summed E-state index contributed by atoms with van der Waals surface area (Å²) in [6.07, 6.45) is 2.34. The highest BCUT2D eigenvalue weighted by atomic mass is 16.6. The van der Waals surface area contributed by atoms with Crippen LogP contribution in [-0.4, -0.2) is 48.2 Å². The lowest BCUT2D eigenvalue weighted by Gasteiger charge is -2.27. The minimum atomic E-state index is 0.539. The molecule has 3 heterocycles. The van der Waals surface area contributed by atoms with Gasteiger partial charge in [-0.3, -0.25) is 0 Å². The number of aromatic amines is 1. The maximum absolute atomic E-state index is 5.62. The van der Waals surface area contributed by atoms with Crippen LogP contribution in [0.4, 0.5) is 0 Å². The van der Waals surface area contributed by atoms with Crippen LogP contribution in [0.3, 0.4) is 0 Å². The van der Waals surface area contributed by atoms with E-state index in [2.05, 4.69) is 16.9 Å². The second-order valence-electron chi connectivity index (χ2n) is 5.71. The van der Waals surface area contributed by atoms with Crippen molar-refractivity contribution in [3.63, 3.8) is 0 Å². The number of likely N-dealkylation sites (tertiary alicyclic amines) is 1. The SMILES string of the molecule is CN1CCC(c2nc3cc4c(cc3[nH]2)OCCO4)CC1. The van der Waals surface area contributed by atoms with Gasteiger partial charge >= 0.3 is 0 Å². The molecule has 2 aliphatic heterocycles. The van der Waals surface area contributed by atoms with Crippen LogP contribution in [0.2, 0.25) is 0 Å². The number of piperidine rings is 1. The van der Waals surface area contributed by atoms with Crippen LogP contribution in [0, 0.1) is 0 Å². The molecule has 0 atom stereocenters. The summed E-state index contributed by atoms with van der Waals surface area (Å²) in [6, 6.07) is 3.99. The van der Waals surface area contributed by atoms with Gasteiger partial charge in [-0.05, 0) is 33.0 Å². The minimum Gasteiger partial charge on any atom is -0.486 e. The molecule has 1 aromatic heterocycles. The number of hydrogen-bond donors (Lipinski definition) is 1. The average molecular weight is 273 g/mol. The summed E-state index contributed by atoms with van der Waals surface area (Å²) in [7, 11) is 2.18. The van der Waals surface area contributed by atoms with Gasteiger partial charge in [0.2, 0.25) is 0 Å². The number of hydrogen-bond acceptors (Lipinski definition) is 4. The Bertz CT molecular complexity index is 586. The summed E-state index contributed by atoms with van der Waals surface area (Å²) in [4.78, 5) is 10.6. The first-order chi connectivity index (χ1) is 9.79. The number of nitrogens with one attached hydrogen (secondary N) is 1. The Hall–Kier alpha value is -1.75. The third kappa shape index (κ3) is 2.02. The Labute approximate surface area is 117 Å². The predicted molar refractivity (Wildman–Crippen MR) is 76.6 cm³/mol. The molecule has 5 nitrogen and oxygen atoms in total. The molecule has 4 rings (SSSR count). The van der Waals surface area contributed by atoms with E-state index in [9.17, 15) is 0 Å². The highest BCUT2D eigenvalue weighted by Gasteiger charge is 2.22. The van der Waals surface area contributed by atoms with Gasteiger partial charge in [0, 0.05) is 18.1 Å². The minimum absolute atomic E-state index is 0.539. The second kappa shape index (κ2) is 4.66. The van der Waals surface area contributed by atoms with Gasteiger partial charge in [0.25, 0.3) is 0 Å². The molecule has 0 spiro atoms. The summed E-state index contributed by atoms with van der Waals surface area (Å²) < 4.78 is 11.2. The van der Waals surface area contributed by atoms with Gasteiger partial charge in [-0.15, -0.1) is 0 Å². The van der Waals surface area contributed by atoms with Crippen molar-refractivity contribution in [2.45, 2.75) is 18.8 Å². The first-order valence-corrected chi connectivity index (χ1v) is 7.27. The molecule has 1 fully saturated rings. The lowest BCUT2D eigenvalue weighted by atomic mass is 9.97. The molecule has 0 amide bonds. The molecule has 0 bridgehead atoms. The van der Waals surface area contributed by atoms with E-state index in [1.165, 1.54) is 12.8 Å². The Morgan fingerprint density at radius 3 is 2.60 bits per heavy atom. The number of ether oxygens (including phenoxy) is 2. The van der Waals surface area contributed by atoms with E-state index < -0.39 is 0 Å². The van der Waals surface area contributed by atoms with Crippen LogP contribution in [0.25, 0.3) is 11.0 Å². The Balaban J connectivity index is 1.68. The van der Waals surface area contributed by atoms with Gasteiger partial charge in [0.15, 0.2) is 11.5 Å². The molecule has 1 N–H and O–H groups in total. The number of rotatable bonds is 1. The van der Waals surface area contributed by atoms with Crippen LogP contribution in [0.5, 0.6) is 11.5 Å². The van der Waals surface area contributed by atoms with Crippen molar-refractivity contribution in [1.82, 2.24) is 14.9 Å². The van der Waals surface area contributed by atoms with Crippen LogP contribution in [0.15, 0.2) is 12.1 Å². The number of imidazole rings is 1. The van der Waals surface area contributed by atoms with E-state index in [0.29, 0.717) is 19.1 Å². The van der Waals surface area contributed by atoms with Crippen molar-refractivity contribution in [3.8, 4) is 11.5 Å². The van der Waals surface area contributed by atoms with Crippen molar-refractivity contribution < 1.29 is 9.47 Å². The first kappa shape index (κ1) is 12.0. The predicted octanol–water partition coefficient (Wildman–Crippen LogP) is 2.14. The van der Waals surface area contributed by atoms with Gasteiger partial charge in [-0.25, -0.2) is 4.98 Å². The topological polar surface area (TPSA) is 50.4 Å². The smallest absolute Gasteiger partial charge is 0.163 e. The van der Waals surface area contributed by atoms with Crippen molar-refractivity contribution >= 4 is 11.0 Å². The van der Waals surface area contributed by atoms with Crippen LogP contribution in [0.1, 0.15) is 24.6 Å². The highest BCUT2D eigenvalue weighted by Crippen LogP contribution is 2.35. The molecule has 0 radical (unpaired) electrons. The molecule has 1 saturated heterocycles. The zero-order valence-electron chi connectivity index (χ0n) is 11.7. The van der Waals surface area contributed by atoms with Gasteiger partial charge in [0.1, 0.15) is 19.0 Å². The fraction of sp³-hybridized carbons (Fsp3) is 0.533. The Morgan fingerprint density at radius 2 is 1.85 bits per heavy atom. The summed E-state index contributed by atoms with van der Waals surface area (Å²) in [5, 5.41) is 0. The number of aromatic nitrogens is 2. The van der Waals surface area contributed by atoms with Gasteiger partial charge in [-0.2, -0.15) is 0 Å². The summed E-state index contributed by atoms with van der Waals surface area (Å²) in [5.41, 5.74) is 2.02. The average Bonchev–Trinajstić information content (AvgIpc) is 2.88. The molecule has 2 aromatic rings. The third-order valence-electron chi connectivity index (χ3n) is 4.27. The Morgan fingerprint density at radius 1 is 1.15 bits per heavy atom. The summed E-state index contributed by atoms with van der Waals surface area (Å²) in [6.45, 7) is 3.52. The van der Waals surface area contributed by atoms with E-state index in [-0.39, 0.29) is 0 Å². The van der Waals surface area contributed by atoms with Crippen molar-refractivity contribution in [2.75, 3.05) is 33.4 Å². The molecule has 20 heavy (non-hydrogen) atoms. The maximum Gasteiger partial charge on any atom is 0.163 e. The van der Waals surface area contributed by atoms with E-state index in [4.69, 9.17) is 14.5 Å². The number of H-pyrrole nitrogens is 1. The van der Waals surface area contributed by atoms with E-state index in [1.54, 1.807) is 0 Å². The monoisotopic (exact) mass is 273 g/mol. The molecular formula is C15H19N3O2.